The number of aromatic carboxylic acids is 1. The summed E-state index contributed by atoms with van der Waals surface area (Å²) in [6, 6.07) is 9.27. The van der Waals surface area contributed by atoms with E-state index in [2.05, 4.69) is 17.5 Å². The number of carbonyl (C=O) groups is 1. The minimum atomic E-state index is -0.909. The summed E-state index contributed by atoms with van der Waals surface area (Å²) in [6.45, 7) is 0. The Labute approximate surface area is 163 Å². The summed E-state index contributed by atoms with van der Waals surface area (Å²) in [5, 5.41) is 12.9. The molecule has 2 N–H and O–H groups in total. The number of hydrogen-bond donors (Lipinski definition) is 2. The van der Waals surface area contributed by atoms with Crippen molar-refractivity contribution in [1.82, 2.24) is 0 Å². The van der Waals surface area contributed by atoms with Crippen LogP contribution in [-0.4, -0.2) is 32.4 Å². The van der Waals surface area contributed by atoms with Crippen LogP contribution in [0.3, 0.4) is 0 Å². The van der Waals surface area contributed by atoms with Crippen molar-refractivity contribution in [2.45, 2.75) is 18.4 Å². The average molecular weight is 381 g/mol. The van der Waals surface area contributed by atoms with Crippen molar-refractivity contribution in [3.63, 3.8) is 0 Å². The highest BCUT2D eigenvalue weighted by molar-refractivity contribution is 5.89. The van der Waals surface area contributed by atoms with Gasteiger partial charge in [-0.2, -0.15) is 0 Å². The van der Waals surface area contributed by atoms with Gasteiger partial charge in [0, 0.05) is 11.6 Å². The second-order valence-electron chi connectivity index (χ2n) is 7.04. The van der Waals surface area contributed by atoms with Crippen LogP contribution in [0.5, 0.6) is 17.2 Å². The van der Waals surface area contributed by atoms with Crippen LogP contribution in [0.2, 0.25) is 0 Å². The van der Waals surface area contributed by atoms with Gasteiger partial charge in [0.1, 0.15) is 0 Å². The lowest BCUT2D eigenvalue weighted by Crippen LogP contribution is -2.29. The van der Waals surface area contributed by atoms with Crippen LogP contribution in [-0.2, 0) is 0 Å². The summed E-state index contributed by atoms with van der Waals surface area (Å²) < 4.78 is 16.5. The fourth-order valence-corrected chi connectivity index (χ4v) is 4.34. The summed E-state index contributed by atoms with van der Waals surface area (Å²) in [5.41, 5.74) is 3.34. The molecule has 4 rings (SSSR count). The Kier molecular flexibility index (Phi) is 4.63. The van der Waals surface area contributed by atoms with Gasteiger partial charge in [0.15, 0.2) is 11.5 Å². The maximum Gasteiger partial charge on any atom is 0.335 e. The number of nitrogens with one attached hydrogen (secondary N) is 1. The van der Waals surface area contributed by atoms with Crippen LogP contribution in [0, 0.1) is 5.92 Å². The largest absolute Gasteiger partial charge is 0.493 e. The van der Waals surface area contributed by atoms with Crippen LogP contribution in [0.25, 0.3) is 0 Å². The SMILES string of the molecule is COc1cc([C@@H]2Nc3ccc(C(=O)O)cc3[C@@H]3C=CC[C@@H]32)cc(OC)c1OC. The molecular formula is C22H23NO5. The van der Waals surface area contributed by atoms with Gasteiger partial charge < -0.3 is 24.6 Å². The van der Waals surface area contributed by atoms with E-state index in [0.29, 0.717) is 22.8 Å². The molecule has 0 spiro atoms. The Morgan fingerprint density at radius 1 is 1.07 bits per heavy atom. The lowest BCUT2D eigenvalue weighted by molar-refractivity contribution is 0.0696. The molecule has 2 aliphatic rings. The third-order valence-corrected chi connectivity index (χ3v) is 5.66. The van der Waals surface area contributed by atoms with Gasteiger partial charge in [0.25, 0.3) is 0 Å². The van der Waals surface area contributed by atoms with Gasteiger partial charge in [-0.1, -0.05) is 12.2 Å². The molecule has 2 aromatic carbocycles. The van der Waals surface area contributed by atoms with Crippen LogP contribution >= 0.6 is 0 Å². The van der Waals surface area contributed by atoms with Gasteiger partial charge in [-0.3, -0.25) is 0 Å². The van der Waals surface area contributed by atoms with Crippen LogP contribution in [0.1, 0.15) is 39.9 Å². The highest BCUT2D eigenvalue weighted by Crippen LogP contribution is 2.51. The molecule has 0 bridgehead atoms. The average Bonchev–Trinajstić information content (AvgIpc) is 3.21. The van der Waals surface area contributed by atoms with Crippen LogP contribution < -0.4 is 19.5 Å². The molecule has 0 radical (unpaired) electrons. The lowest BCUT2D eigenvalue weighted by Gasteiger charge is -2.38. The molecule has 1 aliphatic carbocycles. The fourth-order valence-electron chi connectivity index (χ4n) is 4.34. The first-order valence-electron chi connectivity index (χ1n) is 9.17. The Morgan fingerprint density at radius 3 is 2.39 bits per heavy atom. The van der Waals surface area contributed by atoms with Crippen molar-refractivity contribution in [2.75, 3.05) is 26.6 Å². The number of allylic oxidation sites excluding steroid dienone is 2. The van der Waals surface area contributed by atoms with Gasteiger partial charge >= 0.3 is 5.97 Å². The number of carboxylic acid groups (broad SMARTS) is 1. The van der Waals surface area contributed by atoms with Crippen molar-refractivity contribution in [1.29, 1.82) is 0 Å². The topological polar surface area (TPSA) is 77.0 Å². The van der Waals surface area contributed by atoms with Gasteiger partial charge in [-0.15, -0.1) is 0 Å². The molecule has 0 aromatic heterocycles. The molecule has 0 fully saturated rings. The molecule has 0 saturated heterocycles. The Bertz CT molecular complexity index is 927. The van der Waals surface area contributed by atoms with E-state index in [1.54, 1.807) is 33.5 Å². The summed E-state index contributed by atoms with van der Waals surface area (Å²) in [5.74, 6) is 1.34. The smallest absolute Gasteiger partial charge is 0.335 e. The minimum Gasteiger partial charge on any atom is -0.493 e. The van der Waals surface area contributed by atoms with Crippen molar-refractivity contribution >= 4 is 11.7 Å². The number of fused-ring (bicyclic) bond motifs is 3. The van der Waals surface area contributed by atoms with Crippen LogP contribution in [0.4, 0.5) is 5.69 Å². The number of methoxy groups -OCH3 is 3. The summed E-state index contributed by atoms with van der Waals surface area (Å²) in [4.78, 5) is 11.4. The Balaban J connectivity index is 1.79. The number of anilines is 1. The number of benzene rings is 2. The summed E-state index contributed by atoms with van der Waals surface area (Å²) >= 11 is 0. The highest BCUT2D eigenvalue weighted by atomic mass is 16.5. The summed E-state index contributed by atoms with van der Waals surface area (Å²) in [6.07, 6.45) is 5.27. The molecule has 6 nitrogen and oxygen atoms in total. The summed E-state index contributed by atoms with van der Waals surface area (Å²) in [7, 11) is 4.81. The standard InChI is InChI=1S/C22H23NO5/c1-26-18-10-13(11-19(27-2)21(18)28-3)20-15-6-4-5-14(15)16-9-12(22(24)25)7-8-17(16)23-20/h4-5,7-11,14-15,20,23H,6H2,1-3H3,(H,24,25)/t14-,15+,20+/m1/s1. The maximum absolute atomic E-state index is 11.4. The number of hydrogen-bond acceptors (Lipinski definition) is 5. The predicted molar refractivity (Wildman–Crippen MR) is 106 cm³/mol. The van der Waals surface area contributed by atoms with E-state index in [-0.39, 0.29) is 17.9 Å². The molecule has 28 heavy (non-hydrogen) atoms. The monoisotopic (exact) mass is 381 g/mol. The molecule has 146 valence electrons. The Hall–Kier alpha value is -3.15. The van der Waals surface area contributed by atoms with Crippen molar-refractivity contribution in [3.05, 3.63) is 59.2 Å². The second kappa shape index (κ2) is 7.11. The van der Waals surface area contributed by atoms with E-state index in [9.17, 15) is 9.90 Å². The van der Waals surface area contributed by atoms with Gasteiger partial charge in [-0.05, 0) is 53.8 Å². The zero-order valence-electron chi connectivity index (χ0n) is 16.1. The maximum atomic E-state index is 11.4. The first-order valence-corrected chi connectivity index (χ1v) is 9.17. The molecule has 0 saturated carbocycles. The van der Waals surface area contributed by atoms with E-state index in [1.807, 2.05) is 18.2 Å². The number of carboxylic acids is 1. The normalized spacial score (nSPS) is 22.0. The predicted octanol–water partition coefficient (Wildman–Crippen LogP) is 4.24. The van der Waals surface area contributed by atoms with Gasteiger partial charge in [-0.25, -0.2) is 4.79 Å². The molecule has 0 unspecified atom stereocenters. The first kappa shape index (κ1) is 18.2. The van der Waals surface area contributed by atoms with Gasteiger partial charge in [0.2, 0.25) is 5.75 Å². The molecule has 6 heteroatoms. The zero-order chi connectivity index (χ0) is 19.8. The molecule has 0 amide bonds. The zero-order valence-corrected chi connectivity index (χ0v) is 16.1. The highest BCUT2D eigenvalue weighted by Gasteiger charge is 2.38. The number of rotatable bonds is 5. The van der Waals surface area contributed by atoms with E-state index >= 15 is 0 Å². The molecule has 1 aliphatic heterocycles. The lowest BCUT2D eigenvalue weighted by atomic mass is 9.76. The molecule has 1 heterocycles. The van der Waals surface area contributed by atoms with Crippen LogP contribution in [0.15, 0.2) is 42.5 Å². The third kappa shape index (κ3) is 2.85. The molecule has 3 atom stereocenters. The fraction of sp³-hybridized carbons (Fsp3) is 0.318. The van der Waals surface area contributed by atoms with E-state index in [4.69, 9.17) is 14.2 Å². The third-order valence-electron chi connectivity index (χ3n) is 5.66. The number of ether oxygens (including phenoxy) is 3. The van der Waals surface area contributed by atoms with Crippen molar-refractivity contribution in [2.24, 2.45) is 5.92 Å². The second-order valence-corrected chi connectivity index (χ2v) is 7.04. The van der Waals surface area contributed by atoms with Crippen molar-refractivity contribution in [3.8, 4) is 17.2 Å². The molecule has 2 aromatic rings. The van der Waals surface area contributed by atoms with E-state index < -0.39 is 5.97 Å². The molecular weight excluding hydrogens is 358 g/mol. The minimum absolute atomic E-state index is 0.0388. The van der Waals surface area contributed by atoms with E-state index in [0.717, 1.165) is 23.2 Å². The Morgan fingerprint density at radius 2 is 1.79 bits per heavy atom. The van der Waals surface area contributed by atoms with E-state index in [1.165, 1.54) is 0 Å². The van der Waals surface area contributed by atoms with Gasteiger partial charge in [0.05, 0.1) is 32.9 Å². The first-order chi connectivity index (χ1) is 13.6. The van der Waals surface area contributed by atoms with Crippen molar-refractivity contribution < 1.29 is 24.1 Å². The quantitative estimate of drug-likeness (QED) is 0.755.